The SMILES string of the molecule is Nc1cccc(Cl)c1NC(=O)c1cnccn1. The van der Waals surface area contributed by atoms with E-state index >= 15 is 0 Å². The molecule has 0 radical (unpaired) electrons. The Morgan fingerprint density at radius 2 is 2.18 bits per heavy atom. The van der Waals surface area contributed by atoms with Gasteiger partial charge < -0.3 is 11.1 Å². The molecule has 0 bridgehead atoms. The molecule has 0 atom stereocenters. The molecule has 1 aromatic carbocycles. The molecular formula is C11H9ClN4O. The van der Waals surface area contributed by atoms with Gasteiger partial charge in [0.15, 0.2) is 0 Å². The van der Waals surface area contributed by atoms with E-state index < -0.39 is 5.91 Å². The van der Waals surface area contributed by atoms with E-state index in [4.69, 9.17) is 17.3 Å². The van der Waals surface area contributed by atoms with Crippen molar-refractivity contribution in [2.24, 2.45) is 0 Å². The summed E-state index contributed by atoms with van der Waals surface area (Å²) < 4.78 is 0. The molecule has 5 nitrogen and oxygen atoms in total. The minimum absolute atomic E-state index is 0.201. The van der Waals surface area contributed by atoms with Crippen LogP contribution in [0.25, 0.3) is 0 Å². The monoisotopic (exact) mass is 248 g/mol. The summed E-state index contributed by atoms with van der Waals surface area (Å²) in [5.41, 5.74) is 6.69. The molecule has 6 heteroatoms. The minimum Gasteiger partial charge on any atom is -0.397 e. The average Bonchev–Trinajstić information content (AvgIpc) is 2.35. The highest BCUT2D eigenvalue weighted by Crippen LogP contribution is 2.27. The molecule has 1 aromatic heterocycles. The number of hydrogen-bond acceptors (Lipinski definition) is 4. The maximum absolute atomic E-state index is 11.8. The molecule has 0 fully saturated rings. The molecule has 1 heterocycles. The molecule has 86 valence electrons. The molecule has 17 heavy (non-hydrogen) atoms. The highest BCUT2D eigenvalue weighted by molar-refractivity contribution is 6.34. The quantitative estimate of drug-likeness (QED) is 0.796. The van der Waals surface area contributed by atoms with Gasteiger partial charge in [0.2, 0.25) is 0 Å². The van der Waals surface area contributed by atoms with Crippen LogP contribution in [-0.4, -0.2) is 15.9 Å². The lowest BCUT2D eigenvalue weighted by molar-refractivity contribution is 0.102. The number of hydrogen-bond donors (Lipinski definition) is 2. The van der Waals surface area contributed by atoms with E-state index in [0.717, 1.165) is 0 Å². The lowest BCUT2D eigenvalue weighted by atomic mass is 10.2. The zero-order valence-electron chi connectivity index (χ0n) is 8.72. The van der Waals surface area contributed by atoms with Crippen molar-refractivity contribution in [3.63, 3.8) is 0 Å². The van der Waals surface area contributed by atoms with Gasteiger partial charge in [-0.15, -0.1) is 0 Å². The molecule has 3 N–H and O–H groups in total. The number of rotatable bonds is 2. The standard InChI is InChI=1S/C11H9ClN4O/c12-7-2-1-3-8(13)10(7)16-11(17)9-6-14-4-5-15-9/h1-6H,13H2,(H,16,17). The Balaban J connectivity index is 2.25. The van der Waals surface area contributed by atoms with Crippen molar-refractivity contribution in [1.29, 1.82) is 0 Å². The summed E-state index contributed by atoms with van der Waals surface area (Å²) in [5, 5.41) is 2.97. The Kier molecular flexibility index (Phi) is 3.20. The number of nitrogens with one attached hydrogen (secondary N) is 1. The minimum atomic E-state index is -0.405. The smallest absolute Gasteiger partial charge is 0.275 e. The summed E-state index contributed by atoms with van der Waals surface area (Å²) >= 11 is 5.93. The molecule has 0 saturated heterocycles. The zero-order valence-corrected chi connectivity index (χ0v) is 9.48. The van der Waals surface area contributed by atoms with Crippen LogP contribution in [0.2, 0.25) is 5.02 Å². The molecule has 2 rings (SSSR count). The van der Waals surface area contributed by atoms with Gasteiger partial charge in [-0.3, -0.25) is 9.78 Å². The van der Waals surface area contributed by atoms with Crippen LogP contribution in [0.3, 0.4) is 0 Å². The summed E-state index contributed by atoms with van der Waals surface area (Å²) in [6, 6.07) is 5.00. The van der Waals surface area contributed by atoms with Crippen LogP contribution < -0.4 is 11.1 Å². The number of amides is 1. The lowest BCUT2D eigenvalue weighted by Gasteiger charge is -2.08. The second kappa shape index (κ2) is 4.80. The molecule has 0 saturated carbocycles. The van der Waals surface area contributed by atoms with E-state index in [2.05, 4.69) is 15.3 Å². The van der Waals surface area contributed by atoms with Crippen molar-refractivity contribution in [3.05, 3.63) is 47.5 Å². The fraction of sp³-hybridized carbons (Fsp3) is 0. The molecule has 0 aliphatic rings. The van der Waals surface area contributed by atoms with Crippen LogP contribution in [0, 0.1) is 0 Å². The first kappa shape index (κ1) is 11.3. The molecular weight excluding hydrogens is 240 g/mol. The Morgan fingerprint density at radius 1 is 1.35 bits per heavy atom. The van der Waals surface area contributed by atoms with Gasteiger partial charge in [0.05, 0.1) is 22.6 Å². The highest BCUT2D eigenvalue weighted by atomic mass is 35.5. The summed E-state index contributed by atoms with van der Waals surface area (Å²) in [5.74, 6) is -0.405. The zero-order chi connectivity index (χ0) is 12.3. The van der Waals surface area contributed by atoms with E-state index in [1.165, 1.54) is 18.6 Å². The van der Waals surface area contributed by atoms with Gasteiger partial charge in [-0.05, 0) is 12.1 Å². The van der Waals surface area contributed by atoms with Gasteiger partial charge in [-0.1, -0.05) is 17.7 Å². The molecule has 0 spiro atoms. The number of benzene rings is 1. The van der Waals surface area contributed by atoms with Crippen LogP contribution in [-0.2, 0) is 0 Å². The topological polar surface area (TPSA) is 80.9 Å². The molecule has 0 unspecified atom stereocenters. The van der Waals surface area contributed by atoms with Gasteiger partial charge in [0, 0.05) is 12.4 Å². The number of carbonyl (C=O) groups excluding carboxylic acids is 1. The molecule has 0 aliphatic carbocycles. The largest absolute Gasteiger partial charge is 0.397 e. The van der Waals surface area contributed by atoms with Crippen LogP contribution in [0.4, 0.5) is 11.4 Å². The Labute approximate surface area is 103 Å². The maximum atomic E-state index is 11.8. The number of anilines is 2. The second-order valence-corrected chi connectivity index (χ2v) is 3.66. The normalized spacial score (nSPS) is 9.94. The van der Waals surface area contributed by atoms with Gasteiger partial charge in [-0.25, -0.2) is 4.98 Å². The van der Waals surface area contributed by atoms with Crippen molar-refractivity contribution in [2.75, 3.05) is 11.1 Å². The summed E-state index contributed by atoms with van der Waals surface area (Å²) in [6.45, 7) is 0. The maximum Gasteiger partial charge on any atom is 0.275 e. The molecule has 0 aliphatic heterocycles. The van der Waals surface area contributed by atoms with E-state index in [9.17, 15) is 4.79 Å². The number of para-hydroxylation sites is 1. The fourth-order valence-electron chi connectivity index (χ4n) is 1.27. The Morgan fingerprint density at radius 3 is 2.82 bits per heavy atom. The van der Waals surface area contributed by atoms with Gasteiger partial charge in [-0.2, -0.15) is 0 Å². The number of aromatic nitrogens is 2. The Hall–Kier alpha value is -2.14. The van der Waals surface area contributed by atoms with Crippen LogP contribution in [0.15, 0.2) is 36.8 Å². The molecule has 2 aromatic rings. The highest BCUT2D eigenvalue weighted by Gasteiger charge is 2.11. The van der Waals surface area contributed by atoms with E-state index in [0.29, 0.717) is 16.4 Å². The van der Waals surface area contributed by atoms with Crippen molar-refractivity contribution < 1.29 is 4.79 Å². The van der Waals surface area contributed by atoms with Crippen LogP contribution in [0.5, 0.6) is 0 Å². The predicted octanol–water partition coefficient (Wildman–Crippen LogP) is 1.96. The van der Waals surface area contributed by atoms with Crippen molar-refractivity contribution in [1.82, 2.24) is 9.97 Å². The van der Waals surface area contributed by atoms with Gasteiger partial charge >= 0.3 is 0 Å². The van der Waals surface area contributed by atoms with Gasteiger partial charge in [0.1, 0.15) is 5.69 Å². The number of nitrogen functional groups attached to an aromatic ring is 1. The van der Waals surface area contributed by atoms with Crippen molar-refractivity contribution in [2.45, 2.75) is 0 Å². The Bertz CT molecular complexity index is 524. The van der Waals surface area contributed by atoms with Crippen LogP contribution in [0.1, 0.15) is 10.5 Å². The number of nitrogens with two attached hydrogens (primary N) is 1. The average molecular weight is 249 g/mol. The number of halogens is 1. The number of nitrogens with zero attached hydrogens (tertiary/aromatic N) is 2. The third kappa shape index (κ3) is 2.51. The third-order valence-electron chi connectivity index (χ3n) is 2.08. The van der Waals surface area contributed by atoms with Crippen LogP contribution >= 0.6 is 11.6 Å². The summed E-state index contributed by atoms with van der Waals surface area (Å²) in [4.78, 5) is 19.5. The first-order chi connectivity index (χ1) is 8.18. The number of carbonyl (C=O) groups is 1. The van der Waals surface area contributed by atoms with E-state index in [1.54, 1.807) is 18.2 Å². The van der Waals surface area contributed by atoms with Crippen molar-refractivity contribution >= 4 is 28.9 Å². The lowest BCUT2D eigenvalue weighted by Crippen LogP contribution is -2.15. The first-order valence-electron chi connectivity index (χ1n) is 4.80. The second-order valence-electron chi connectivity index (χ2n) is 3.25. The summed E-state index contributed by atoms with van der Waals surface area (Å²) in [6.07, 6.45) is 4.29. The predicted molar refractivity (Wildman–Crippen MR) is 65.8 cm³/mol. The van der Waals surface area contributed by atoms with Crippen molar-refractivity contribution in [3.8, 4) is 0 Å². The fourth-order valence-corrected chi connectivity index (χ4v) is 1.50. The summed E-state index contributed by atoms with van der Waals surface area (Å²) in [7, 11) is 0. The van der Waals surface area contributed by atoms with E-state index in [-0.39, 0.29) is 5.69 Å². The van der Waals surface area contributed by atoms with Gasteiger partial charge in [0.25, 0.3) is 5.91 Å². The molecule has 1 amide bonds. The van der Waals surface area contributed by atoms with E-state index in [1.807, 2.05) is 0 Å². The first-order valence-corrected chi connectivity index (χ1v) is 5.17. The third-order valence-corrected chi connectivity index (χ3v) is 2.40.